The molecule has 0 aliphatic carbocycles. The number of nitro groups is 1. The predicted molar refractivity (Wildman–Crippen MR) is 108 cm³/mol. The molecule has 0 unspecified atom stereocenters. The molecule has 3 rings (SSSR count). The Labute approximate surface area is 170 Å². The maximum atomic E-state index is 13.1. The van der Waals surface area contributed by atoms with Crippen LogP contribution >= 0.6 is 35.4 Å². The minimum absolute atomic E-state index is 0.0199. The van der Waals surface area contributed by atoms with Gasteiger partial charge in [0.25, 0.3) is 5.69 Å². The van der Waals surface area contributed by atoms with Crippen molar-refractivity contribution in [2.75, 3.05) is 0 Å². The molecule has 1 aliphatic rings. The quantitative estimate of drug-likeness (QED) is 0.325. The molecule has 2 aromatic rings. The Morgan fingerprint density at radius 1 is 1.19 bits per heavy atom. The lowest BCUT2D eigenvalue weighted by Gasteiger charge is -2.30. The van der Waals surface area contributed by atoms with Crippen LogP contribution in [0.5, 0.6) is 0 Å². The van der Waals surface area contributed by atoms with E-state index in [9.17, 15) is 14.9 Å². The third-order valence-electron chi connectivity index (χ3n) is 4.12. The van der Waals surface area contributed by atoms with Crippen LogP contribution in [0.15, 0.2) is 53.7 Å². The van der Waals surface area contributed by atoms with E-state index in [-0.39, 0.29) is 16.5 Å². The van der Waals surface area contributed by atoms with E-state index < -0.39 is 11.0 Å². The van der Waals surface area contributed by atoms with Gasteiger partial charge in [0.05, 0.1) is 11.0 Å². The molecule has 1 heterocycles. The first-order chi connectivity index (χ1) is 12.8. The zero-order chi connectivity index (χ0) is 19.7. The van der Waals surface area contributed by atoms with Crippen LogP contribution in [0.4, 0.5) is 5.69 Å². The lowest BCUT2D eigenvalue weighted by Crippen LogP contribution is -2.44. The number of nitro benzene ring substituents is 1. The summed E-state index contributed by atoms with van der Waals surface area (Å²) >= 11 is 17.0. The van der Waals surface area contributed by atoms with Gasteiger partial charge in [0.2, 0.25) is 0 Å². The molecule has 0 spiro atoms. The van der Waals surface area contributed by atoms with E-state index in [0.29, 0.717) is 32.5 Å². The Bertz CT molecular complexity index is 990. The number of Topliss-reactive ketones (excluding diaryl/α,β-unsaturated/α-hetero) is 1. The molecule has 2 aromatic carbocycles. The Morgan fingerprint density at radius 2 is 1.85 bits per heavy atom. The van der Waals surface area contributed by atoms with Crippen LogP contribution in [0, 0.1) is 10.1 Å². The summed E-state index contributed by atoms with van der Waals surface area (Å²) in [6.45, 7) is 1.73. The Balaban J connectivity index is 2.10. The van der Waals surface area contributed by atoms with E-state index >= 15 is 0 Å². The van der Waals surface area contributed by atoms with Crippen LogP contribution in [0.25, 0.3) is 0 Å². The lowest BCUT2D eigenvalue weighted by atomic mass is 9.89. The predicted octanol–water partition coefficient (Wildman–Crippen LogP) is 4.58. The maximum absolute atomic E-state index is 13.1. The number of nitrogens with one attached hydrogen (secondary N) is 2. The molecule has 9 heteroatoms. The molecule has 0 saturated heterocycles. The van der Waals surface area contributed by atoms with Gasteiger partial charge >= 0.3 is 0 Å². The summed E-state index contributed by atoms with van der Waals surface area (Å²) in [5, 5.41) is 18.0. The average Bonchev–Trinajstić information content (AvgIpc) is 2.61. The van der Waals surface area contributed by atoms with Gasteiger partial charge in [-0.3, -0.25) is 14.9 Å². The van der Waals surface area contributed by atoms with Crippen molar-refractivity contribution >= 4 is 52.0 Å². The largest absolute Gasteiger partial charge is 0.351 e. The third kappa shape index (κ3) is 3.95. The second-order valence-electron chi connectivity index (χ2n) is 5.87. The molecule has 1 aliphatic heterocycles. The van der Waals surface area contributed by atoms with Crippen molar-refractivity contribution in [3.63, 3.8) is 0 Å². The number of hydrogen-bond acceptors (Lipinski definition) is 4. The monoisotopic (exact) mass is 421 g/mol. The SMILES string of the molecule is CC1=C(C(=O)c2ccc(Cl)cc2)[C@H](c2ccc(Cl)c([N+](=O)[O-])c2)NC(=S)N1. The normalized spacial score (nSPS) is 16.6. The van der Waals surface area contributed by atoms with E-state index in [1.54, 1.807) is 37.3 Å². The highest BCUT2D eigenvalue weighted by Gasteiger charge is 2.31. The second kappa shape index (κ2) is 7.64. The maximum Gasteiger partial charge on any atom is 0.288 e. The number of carbonyl (C=O) groups excluding carboxylic acids is 1. The number of ketones is 1. The molecule has 0 amide bonds. The number of rotatable bonds is 4. The highest BCUT2D eigenvalue weighted by molar-refractivity contribution is 7.80. The lowest BCUT2D eigenvalue weighted by molar-refractivity contribution is -0.384. The van der Waals surface area contributed by atoms with Gasteiger partial charge in [-0.15, -0.1) is 0 Å². The van der Waals surface area contributed by atoms with Gasteiger partial charge in [-0.2, -0.15) is 0 Å². The first-order valence-corrected chi connectivity index (χ1v) is 8.96. The van der Waals surface area contributed by atoms with Gasteiger partial charge in [0, 0.05) is 27.9 Å². The molecule has 0 saturated carbocycles. The van der Waals surface area contributed by atoms with Crippen LogP contribution in [0.1, 0.15) is 28.9 Å². The molecule has 0 bridgehead atoms. The number of hydrogen-bond donors (Lipinski definition) is 2. The molecule has 6 nitrogen and oxygen atoms in total. The number of nitrogens with zero attached hydrogens (tertiary/aromatic N) is 1. The fourth-order valence-electron chi connectivity index (χ4n) is 2.85. The summed E-state index contributed by atoms with van der Waals surface area (Å²) in [7, 11) is 0. The zero-order valence-corrected chi connectivity index (χ0v) is 16.3. The average molecular weight is 422 g/mol. The Kier molecular flexibility index (Phi) is 5.46. The van der Waals surface area contributed by atoms with Crippen molar-refractivity contribution in [1.29, 1.82) is 0 Å². The van der Waals surface area contributed by atoms with Crippen LogP contribution in [-0.2, 0) is 0 Å². The number of halogens is 2. The smallest absolute Gasteiger partial charge is 0.288 e. The highest BCUT2D eigenvalue weighted by atomic mass is 35.5. The Morgan fingerprint density at radius 3 is 2.48 bits per heavy atom. The molecular formula is C18H13Cl2N3O3S. The topological polar surface area (TPSA) is 84.3 Å². The third-order valence-corrected chi connectivity index (χ3v) is 4.91. The number of thiocarbonyl (C=S) groups is 1. The molecule has 27 heavy (non-hydrogen) atoms. The molecule has 0 radical (unpaired) electrons. The van der Waals surface area contributed by atoms with Crippen molar-refractivity contribution < 1.29 is 9.72 Å². The number of allylic oxidation sites excluding steroid dienone is 1. The van der Waals surface area contributed by atoms with Crippen molar-refractivity contribution in [2.24, 2.45) is 0 Å². The minimum Gasteiger partial charge on any atom is -0.351 e. The van der Waals surface area contributed by atoms with Gasteiger partial charge in [-0.25, -0.2) is 0 Å². The number of benzene rings is 2. The first-order valence-electron chi connectivity index (χ1n) is 7.80. The molecule has 0 aromatic heterocycles. The van der Waals surface area contributed by atoms with Crippen LogP contribution in [0.2, 0.25) is 10.0 Å². The highest BCUT2D eigenvalue weighted by Crippen LogP contribution is 2.34. The van der Waals surface area contributed by atoms with E-state index in [1.165, 1.54) is 12.1 Å². The number of carbonyl (C=O) groups is 1. The van der Waals surface area contributed by atoms with E-state index in [1.807, 2.05) is 0 Å². The van der Waals surface area contributed by atoms with Crippen molar-refractivity contribution in [1.82, 2.24) is 10.6 Å². The van der Waals surface area contributed by atoms with Crippen molar-refractivity contribution in [2.45, 2.75) is 13.0 Å². The second-order valence-corrected chi connectivity index (χ2v) is 7.13. The summed E-state index contributed by atoms with van der Waals surface area (Å²) in [4.78, 5) is 23.8. The van der Waals surface area contributed by atoms with Gasteiger partial charge in [-0.05, 0) is 55.0 Å². The molecule has 1 atom stereocenters. The zero-order valence-electron chi connectivity index (χ0n) is 14.0. The van der Waals surface area contributed by atoms with Gasteiger partial charge in [-0.1, -0.05) is 29.3 Å². The Hall–Kier alpha value is -2.48. The minimum atomic E-state index is -0.655. The van der Waals surface area contributed by atoms with Crippen LogP contribution in [0.3, 0.4) is 0 Å². The summed E-state index contributed by atoms with van der Waals surface area (Å²) in [5.74, 6) is -0.241. The molecule has 0 fully saturated rings. The summed E-state index contributed by atoms with van der Waals surface area (Å²) in [6.07, 6.45) is 0. The summed E-state index contributed by atoms with van der Waals surface area (Å²) in [6, 6.07) is 10.3. The van der Waals surface area contributed by atoms with Crippen LogP contribution < -0.4 is 10.6 Å². The fraction of sp³-hybridized carbons (Fsp3) is 0.111. The first kappa shape index (κ1) is 19.3. The summed E-state index contributed by atoms with van der Waals surface area (Å²) in [5.41, 5.74) is 1.69. The van der Waals surface area contributed by atoms with Crippen molar-refractivity contribution in [3.05, 3.63) is 85.0 Å². The van der Waals surface area contributed by atoms with Gasteiger partial charge < -0.3 is 10.6 Å². The standard InChI is InChI=1S/C18H13Cl2N3O3S/c1-9-15(17(24)10-2-5-12(19)6-3-10)16(22-18(27)21-9)11-4-7-13(20)14(8-11)23(25)26/h2-8,16H,1H3,(H2,21,22,27)/t16-/m0/s1. The van der Waals surface area contributed by atoms with Crippen molar-refractivity contribution in [3.8, 4) is 0 Å². The summed E-state index contributed by atoms with van der Waals surface area (Å²) < 4.78 is 0. The van der Waals surface area contributed by atoms with Gasteiger partial charge in [0.1, 0.15) is 5.02 Å². The van der Waals surface area contributed by atoms with E-state index in [2.05, 4.69) is 10.6 Å². The van der Waals surface area contributed by atoms with E-state index in [0.717, 1.165) is 0 Å². The molecule has 2 N–H and O–H groups in total. The fourth-order valence-corrected chi connectivity index (χ4v) is 3.43. The van der Waals surface area contributed by atoms with Crippen LogP contribution in [-0.4, -0.2) is 15.8 Å². The molecule has 138 valence electrons. The van der Waals surface area contributed by atoms with Gasteiger partial charge in [0.15, 0.2) is 10.9 Å². The molecular weight excluding hydrogens is 409 g/mol. The van der Waals surface area contributed by atoms with E-state index in [4.69, 9.17) is 35.4 Å².